The number of aromatic nitrogens is 2. The molecule has 1 amide bonds. The van der Waals surface area contributed by atoms with E-state index in [0.29, 0.717) is 50.4 Å². The molecular weight excluding hydrogens is 316 g/mol. The van der Waals surface area contributed by atoms with Crippen molar-refractivity contribution in [2.75, 3.05) is 26.2 Å². The van der Waals surface area contributed by atoms with Crippen molar-refractivity contribution in [2.45, 2.75) is 51.3 Å². The quantitative estimate of drug-likeness (QED) is 0.877. The molecule has 1 aromatic rings. The van der Waals surface area contributed by atoms with E-state index < -0.39 is 10.0 Å². The van der Waals surface area contributed by atoms with E-state index in [-0.39, 0.29) is 10.8 Å². The Morgan fingerprint density at radius 2 is 1.96 bits per heavy atom. The first-order valence-corrected chi connectivity index (χ1v) is 9.61. The van der Waals surface area contributed by atoms with Crippen LogP contribution in [-0.2, 0) is 14.8 Å². The lowest BCUT2D eigenvalue weighted by atomic mass is 10.2. The van der Waals surface area contributed by atoms with Gasteiger partial charge in [0.2, 0.25) is 15.9 Å². The van der Waals surface area contributed by atoms with Gasteiger partial charge in [-0.1, -0.05) is 13.3 Å². The number of hydrogen-bond donors (Lipinski definition) is 1. The predicted molar refractivity (Wildman–Crippen MR) is 87.5 cm³/mol. The Kier molecular flexibility index (Phi) is 5.80. The molecule has 2 heterocycles. The molecule has 1 fully saturated rings. The molecule has 1 aromatic heterocycles. The maximum absolute atomic E-state index is 12.9. The number of nitrogens with zero attached hydrogens (tertiary/aromatic N) is 3. The van der Waals surface area contributed by atoms with E-state index in [1.54, 1.807) is 18.7 Å². The van der Waals surface area contributed by atoms with Gasteiger partial charge in [-0.2, -0.15) is 9.40 Å². The molecule has 0 aliphatic carbocycles. The van der Waals surface area contributed by atoms with Gasteiger partial charge in [-0.25, -0.2) is 8.42 Å². The second kappa shape index (κ2) is 7.44. The largest absolute Gasteiger partial charge is 0.341 e. The van der Waals surface area contributed by atoms with Crippen LogP contribution in [0.1, 0.15) is 44.0 Å². The lowest BCUT2D eigenvalue weighted by Crippen LogP contribution is -2.37. The van der Waals surface area contributed by atoms with E-state index in [1.165, 1.54) is 4.31 Å². The Morgan fingerprint density at radius 1 is 1.22 bits per heavy atom. The molecule has 7 nitrogen and oxygen atoms in total. The molecule has 0 saturated carbocycles. The fourth-order valence-electron chi connectivity index (χ4n) is 2.92. The Balaban J connectivity index is 2.10. The number of H-pyrrole nitrogens is 1. The predicted octanol–water partition coefficient (Wildman–Crippen LogP) is 1.44. The van der Waals surface area contributed by atoms with Gasteiger partial charge >= 0.3 is 0 Å². The Labute approximate surface area is 138 Å². The van der Waals surface area contributed by atoms with Crippen molar-refractivity contribution in [3.05, 3.63) is 11.4 Å². The Bertz CT molecular complexity index is 634. The minimum Gasteiger partial charge on any atom is -0.341 e. The normalized spacial score (nSPS) is 17.3. The van der Waals surface area contributed by atoms with Gasteiger partial charge in [0.15, 0.2) is 0 Å². The van der Waals surface area contributed by atoms with Crippen molar-refractivity contribution >= 4 is 15.9 Å². The highest BCUT2D eigenvalue weighted by Gasteiger charge is 2.31. The maximum Gasteiger partial charge on any atom is 0.246 e. The molecule has 0 aromatic carbocycles. The van der Waals surface area contributed by atoms with Crippen LogP contribution >= 0.6 is 0 Å². The average Bonchev–Trinajstić information content (AvgIpc) is 2.73. The third-order valence-corrected chi connectivity index (χ3v) is 6.37. The zero-order chi connectivity index (χ0) is 17.0. The second-order valence-electron chi connectivity index (χ2n) is 6.01. The monoisotopic (exact) mass is 342 g/mol. The minimum absolute atomic E-state index is 0.127. The van der Waals surface area contributed by atoms with Gasteiger partial charge in [-0.05, 0) is 26.7 Å². The molecule has 1 aliphatic rings. The van der Waals surface area contributed by atoms with Crippen molar-refractivity contribution in [2.24, 2.45) is 0 Å². The molecule has 1 saturated heterocycles. The molecule has 130 valence electrons. The van der Waals surface area contributed by atoms with Crippen molar-refractivity contribution < 1.29 is 13.2 Å². The lowest BCUT2D eigenvalue weighted by molar-refractivity contribution is -0.131. The van der Waals surface area contributed by atoms with Gasteiger partial charge in [0, 0.05) is 32.6 Å². The highest BCUT2D eigenvalue weighted by Crippen LogP contribution is 2.22. The topological polar surface area (TPSA) is 86.4 Å². The van der Waals surface area contributed by atoms with Crippen LogP contribution < -0.4 is 0 Å². The third kappa shape index (κ3) is 3.92. The van der Waals surface area contributed by atoms with Crippen LogP contribution in [0.15, 0.2) is 4.90 Å². The molecule has 23 heavy (non-hydrogen) atoms. The SMILES string of the molecule is CCCCC(=O)N1CCCN(S(=O)(=O)c2c(C)n[nH]c2C)CC1. The van der Waals surface area contributed by atoms with Crippen molar-refractivity contribution in [1.29, 1.82) is 0 Å². The lowest BCUT2D eigenvalue weighted by Gasteiger charge is -2.22. The summed E-state index contributed by atoms with van der Waals surface area (Å²) in [6.07, 6.45) is 3.07. The standard InChI is InChI=1S/C15H26N4O3S/c1-4-5-7-14(20)18-8-6-9-19(11-10-18)23(21,22)15-12(2)16-17-13(15)3/h4-11H2,1-3H3,(H,16,17). The number of hydrogen-bond acceptors (Lipinski definition) is 4. The molecular formula is C15H26N4O3S. The van der Waals surface area contributed by atoms with Crippen LogP contribution in [0.4, 0.5) is 0 Å². The molecule has 1 N–H and O–H groups in total. The number of carbonyl (C=O) groups excluding carboxylic acids is 1. The van der Waals surface area contributed by atoms with Crippen molar-refractivity contribution in [1.82, 2.24) is 19.4 Å². The number of amides is 1. The number of aryl methyl sites for hydroxylation is 2. The van der Waals surface area contributed by atoms with E-state index in [2.05, 4.69) is 17.1 Å². The van der Waals surface area contributed by atoms with Crippen molar-refractivity contribution in [3.63, 3.8) is 0 Å². The summed E-state index contributed by atoms with van der Waals surface area (Å²) in [5, 5.41) is 6.71. The summed E-state index contributed by atoms with van der Waals surface area (Å²) in [6, 6.07) is 0. The second-order valence-corrected chi connectivity index (χ2v) is 7.88. The molecule has 2 rings (SSSR count). The number of nitrogens with one attached hydrogen (secondary N) is 1. The fraction of sp³-hybridized carbons (Fsp3) is 0.733. The molecule has 0 unspecified atom stereocenters. The summed E-state index contributed by atoms with van der Waals surface area (Å²) < 4.78 is 27.2. The van der Waals surface area contributed by atoms with Gasteiger partial charge in [0.25, 0.3) is 0 Å². The summed E-state index contributed by atoms with van der Waals surface area (Å²) >= 11 is 0. The van der Waals surface area contributed by atoms with E-state index in [1.807, 2.05) is 0 Å². The summed E-state index contributed by atoms with van der Waals surface area (Å²) in [7, 11) is -3.57. The maximum atomic E-state index is 12.9. The van der Waals surface area contributed by atoms with Gasteiger partial charge in [0.1, 0.15) is 4.90 Å². The number of rotatable bonds is 5. The summed E-state index contributed by atoms with van der Waals surface area (Å²) in [6.45, 7) is 7.31. The van der Waals surface area contributed by atoms with Crippen LogP contribution in [0.5, 0.6) is 0 Å². The van der Waals surface area contributed by atoms with Crippen LogP contribution in [0.2, 0.25) is 0 Å². The van der Waals surface area contributed by atoms with E-state index in [4.69, 9.17) is 0 Å². The highest BCUT2D eigenvalue weighted by molar-refractivity contribution is 7.89. The molecule has 0 radical (unpaired) electrons. The molecule has 0 bridgehead atoms. The zero-order valence-corrected chi connectivity index (χ0v) is 14.9. The number of aromatic amines is 1. The number of unbranched alkanes of at least 4 members (excludes halogenated alkanes) is 1. The summed E-state index contributed by atoms with van der Waals surface area (Å²) in [5.41, 5.74) is 1.05. The van der Waals surface area contributed by atoms with Crippen LogP contribution in [0, 0.1) is 13.8 Å². The van der Waals surface area contributed by atoms with E-state index in [9.17, 15) is 13.2 Å². The highest BCUT2D eigenvalue weighted by atomic mass is 32.2. The van der Waals surface area contributed by atoms with Gasteiger partial charge in [-0.3, -0.25) is 9.89 Å². The molecule has 0 spiro atoms. The van der Waals surface area contributed by atoms with Crippen molar-refractivity contribution in [3.8, 4) is 0 Å². The van der Waals surface area contributed by atoms with Crippen LogP contribution in [0.25, 0.3) is 0 Å². The summed E-state index contributed by atoms with van der Waals surface area (Å²) in [5.74, 6) is 0.127. The zero-order valence-electron chi connectivity index (χ0n) is 14.1. The van der Waals surface area contributed by atoms with E-state index >= 15 is 0 Å². The molecule has 8 heteroatoms. The van der Waals surface area contributed by atoms with Crippen LogP contribution in [-0.4, -0.2) is 59.9 Å². The summed E-state index contributed by atoms with van der Waals surface area (Å²) in [4.78, 5) is 14.2. The van der Waals surface area contributed by atoms with Gasteiger partial charge in [-0.15, -0.1) is 0 Å². The Morgan fingerprint density at radius 3 is 2.57 bits per heavy atom. The fourth-order valence-corrected chi connectivity index (χ4v) is 4.72. The minimum atomic E-state index is -3.57. The van der Waals surface area contributed by atoms with E-state index in [0.717, 1.165) is 12.8 Å². The molecule has 1 aliphatic heterocycles. The first kappa shape index (κ1) is 17.9. The first-order chi connectivity index (χ1) is 10.9. The third-order valence-electron chi connectivity index (χ3n) is 4.21. The van der Waals surface area contributed by atoms with Crippen LogP contribution in [0.3, 0.4) is 0 Å². The van der Waals surface area contributed by atoms with Gasteiger partial charge in [0.05, 0.1) is 11.4 Å². The average molecular weight is 342 g/mol. The molecule has 0 atom stereocenters. The Hall–Kier alpha value is -1.41. The number of sulfonamides is 1. The first-order valence-electron chi connectivity index (χ1n) is 8.17. The number of carbonyl (C=O) groups is 1. The van der Waals surface area contributed by atoms with Gasteiger partial charge < -0.3 is 4.90 Å². The smallest absolute Gasteiger partial charge is 0.246 e.